The van der Waals surface area contributed by atoms with Gasteiger partial charge in [-0.1, -0.05) is 56.3 Å². The summed E-state index contributed by atoms with van der Waals surface area (Å²) in [5.41, 5.74) is 2.82. The molecule has 0 spiro atoms. The molecule has 1 amide bonds. The molecule has 2 N–H and O–H groups in total. The quantitative estimate of drug-likeness (QED) is 0.477. The fraction of sp³-hybridized carbons (Fsp3) is 0.292. The van der Waals surface area contributed by atoms with Crippen LogP contribution in [0.3, 0.4) is 0 Å². The highest BCUT2D eigenvalue weighted by Crippen LogP contribution is 2.20. The predicted octanol–water partition coefficient (Wildman–Crippen LogP) is 2.93. The van der Waals surface area contributed by atoms with Gasteiger partial charge in [0, 0.05) is 12.2 Å². The summed E-state index contributed by atoms with van der Waals surface area (Å²) in [7, 11) is 0. The average molecular weight is 422 g/mol. The van der Waals surface area contributed by atoms with E-state index in [1.807, 2.05) is 18.2 Å². The number of amides is 1. The number of para-hydroxylation sites is 1. The molecule has 2 aromatic rings. The third-order valence-electron chi connectivity index (χ3n) is 4.81. The molecule has 2 aromatic carbocycles. The zero-order valence-electron chi connectivity index (χ0n) is 17.6. The summed E-state index contributed by atoms with van der Waals surface area (Å²) in [4.78, 5) is 36.4. The van der Waals surface area contributed by atoms with Crippen molar-refractivity contribution >= 4 is 23.3 Å². The first kappa shape index (κ1) is 22.1. The maximum Gasteiger partial charge on any atom is 0.347 e. The molecule has 1 aliphatic heterocycles. The lowest BCUT2D eigenvalue weighted by atomic mass is 10.0. The first-order chi connectivity index (χ1) is 14.9. The fourth-order valence-corrected chi connectivity index (χ4v) is 3.04. The Morgan fingerprint density at radius 3 is 2.45 bits per heavy atom. The number of nitrogens with one attached hydrogen (secondary N) is 2. The van der Waals surface area contributed by atoms with Crippen molar-refractivity contribution in [1.82, 2.24) is 5.32 Å². The molecular weight excluding hydrogens is 396 g/mol. The number of carbonyl (C=O) groups excluding carboxylic acids is 3. The highest BCUT2D eigenvalue weighted by atomic mass is 16.5. The number of Topliss-reactive ketones (excluding diaryl/α,β-unsaturated/α-hetero) is 1. The van der Waals surface area contributed by atoms with E-state index in [1.165, 1.54) is 5.56 Å². The van der Waals surface area contributed by atoms with E-state index in [4.69, 9.17) is 9.47 Å². The van der Waals surface area contributed by atoms with Crippen LogP contribution in [0.1, 0.15) is 30.9 Å². The Bertz CT molecular complexity index is 965. The monoisotopic (exact) mass is 422 g/mol. The van der Waals surface area contributed by atoms with Crippen LogP contribution in [0, 0.1) is 0 Å². The molecule has 1 heterocycles. The molecule has 31 heavy (non-hydrogen) atoms. The first-order valence-corrected chi connectivity index (χ1v) is 10.2. The van der Waals surface area contributed by atoms with Crippen molar-refractivity contribution in [1.29, 1.82) is 0 Å². The Morgan fingerprint density at radius 1 is 1.06 bits per heavy atom. The molecule has 0 radical (unpaired) electrons. The van der Waals surface area contributed by atoms with Gasteiger partial charge in [-0.3, -0.25) is 9.59 Å². The number of carbonyl (C=O) groups is 3. The van der Waals surface area contributed by atoms with Crippen LogP contribution in [0.4, 0.5) is 5.69 Å². The van der Waals surface area contributed by atoms with Gasteiger partial charge in [-0.15, -0.1) is 0 Å². The molecule has 0 unspecified atom stereocenters. The van der Waals surface area contributed by atoms with Gasteiger partial charge in [0.25, 0.3) is 5.91 Å². The molecule has 0 bridgehead atoms. The normalized spacial score (nSPS) is 13.2. The van der Waals surface area contributed by atoms with E-state index >= 15 is 0 Å². The fourth-order valence-electron chi connectivity index (χ4n) is 3.04. The van der Waals surface area contributed by atoms with E-state index < -0.39 is 24.3 Å². The van der Waals surface area contributed by atoms with E-state index in [-0.39, 0.29) is 18.1 Å². The van der Waals surface area contributed by atoms with Crippen LogP contribution in [0.5, 0.6) is 0 Å². The van der Waals surface area contributed by atoms with Crippen molar-refractivity contribution in [3.05, 3.63) is 77.2 Å². The molecule has 1 aliphatic rings. The Hall–Kier alpha value is -3.61. The SMILES string of the molecule is CC(C)c1ccc(CCNC(=O)COC(=O)C2=C(Nc3ccccc3)OCC2=O)cc1. The summed E-state index contributed by atoms with van der Waals surface area (Å²) < 4.78 is 10.3. The summed E-state index contributed by atoms with van der Waals surface area (Å²) in [6, 6.07) is 17.2. The second kappa shape index (κ2) is 10.4. The van der Waals surface area contributed by atoms with Crippen LogP contribution in [-0.4, -0.2) is 37.4 Å². The van der Waals surface area contributed by atoms with E-state index in [1.54, 1.807) is 24.3 Å². The van der Waals surface area contributed by atoms with Crippen LogP contribution < -0.4 is 10.6 Å². The zero-order chi connectivity index (χ0) is 22.2. The number of hydrogen-bond donors (Lipinski definition) is 2. The number of esters is 1. The Morgan fingerprint density at radius 2 is 1.77 bits per heavy atom. The van der Waals surface area contributed by atoms with Crippen molar-refractivity contribution in [3.63, 3.8) is 0 Å². The number of benzene rings is 2. The largest absolute Gasteiger partial charge is 0.470 e. The molecular formula is C24H26N2O5. The summed E-state index contributed by atoms with van der Waals surface area (Å²) in [5.74, 6) is -1.31. The number of anilines is 1. The van der Waals surface area contributed by atoms with Gasteiger partial charge >= 0.3 is 5.97 Å². The van der Waals surface area contributed by atoms with Crippen molar-refractivity contribution < 1.29 is 23.9 Å². The summed E-state index contributed by atoms with van der Waals surface area (Å²) in [6.07, 6.45) is 0.667. The van der Waals surface area contributed by atoms with Gasteiger partial charge in [0.05, 0.1) is 0 Å². The first-order valence-electron chi connectivity index (χ1n) is 10.2. The number of ketones is 1. The second-order valence-corrected chi connectivity index (χ2v) is 7.48. The van der Waals surface area contributed by atoms with E-state index in [9.17, 15) is 14.4 Å². The Kier molecular flexibility index (Phi) is 7.43. The molecule has 0 aliphatic carbocycles. The van der Waals surface area contributed by atoms with Gasteiger partial charge in [-0.05, 0) is 35.6 Å². The highest BCUT2D eigenvalue weighted by molar-refractivity contribution is 6.20. The van der Waals surface area contributed by atoms with Gasteiger partial charge in [0.2, 0.25) is 11.7 Å². The smallest absolute Gasteiger partial charge is 0.347 e. The van der Waals surface area contributed by atoms with Gasteiger partial charge in [-0.2, -0.15) is 0 Å². The standard InChI is InChI=1S/C24H26N2O5/c1-16(2)18-10-8-17(9-11-18)12-13-25-21(28)15-31-24(29)22-20(27)14-30-23(22)26-19-6-4-3-5-7-19/h3-11,16,26H,12-15H2,1-2H3,(H,25,28). The van der Waals surface area contributed by atoms with E-state index in [0.717, 1.165) is 5.56 Å². The molecule has 7 nitrogen and oxygen atoms in total. The number of ether oxygens (including phenoxy) is 2. The van der Waals surface area contributed by atoms with Gasteiger partial charge in [0.15, 0.2) is 18.8 Å². The van der Waals surface area contributed by atoms with E-state index in [0.29, 0.717) is 24.6 Å². The van der Waals surface area contributed by atoms with Crippen LogP contribution in [0.25, 0.3) is 0 Å². The van der Waals surface area contributed by atoms with E-state index in [2.05, 4.69) is 36.6 Å². The van der Waals surface area contributed by atoms with Crippen LogP contribution in [0.2, 0.25) is 0 Å². The van der Waals surface area contributed by atoms with Gasteiger partial charge < -0.3 is 20.1 Å². The summed E-state index contributed by atoms with van der Waals surface area (Å²) in [5, 5.41) is 5.60. The minimum absolute atomic E-state index is 0.0338. The van der Waals surface area contributed by atoms with Gasteiger partial charge in [0.1, 0.15) is 0 Å². The average Bonchev–Trinajstić information content (AvgIpc) is 3.13. The van der Waals surface area contributed by atoms with Crippen molar-refractivity contribution in [3.8, 4) is 0 Å². The third-order valence-corrected chi connectivity index (χ3v) is 4.81. The van der Waals surface area contributed by atoms with Crippen LogP contribution in [-0.2, 0) is 30.3 Å². The predicted molar refractivity (Wildman–Crippen MR) is 116 cm³/mol. The topological polar surface area (TPSA) is 93.7 Å². The highest BCUT2D eigenvalue weighted by Gasteiger charge is 2.32. The maximum atomic E-state index is 12.3. The maximum absolute atomic E-state index is 12.3. The van der Waals surface area contributed by atoms with Crippen molar-refractivity contribution in [2.45, 2.75) is 26.2 Å². The number of hydrogen-bond acceptors (Lipinski definition) is 6. The lowest BCUT2D eigenvalue weighted by molar-refractivity contribution is -0.145. The van der Waals surface area contributed by atoms with Crippen molar-refractivity contribution in [2.75, 3.05) is 25.1 Å². The molecule has 0 aromatic heterocycles. The lowest BCUT2D eigenvalue weighted by Crippen LogP contribution is -2.31. The summed E-state index contributed by atoms with van der Waals surface area (Å²) >= 11 is 0. The molecule has 0 fully saturated rings. The molecule has 7 heteroatoms. The van der Waals surface area contributed by atoms with Gasteiger partial charge in [-0.25, -0.2) is 4.79 Å². The molecule has 0 saturated carbocycles. The lowest BCUT2D eigenvalue weighted by Gasteiger charge is -2.10. The second-order valence-electron chi connectivity index (χ2n) is 7.48. The minimum atomic E-state index is -0.889. The number of rotatable bonds is 9. The van der Waals surface area contributed by atoms with Crippen molar-refractivity contribution in [2.24, 2.45) is 0 Å². The minimum Gasteiger partial charge on any atom is -0.470 e. The zero-order valence-corrected chi connectivity index (χ0v) is 17.6. The van der Waals surface area contributed by atoms with Crippen LogP contribution in [0.15, 0.2) is 66.1 Å². The third kappa shape index (κ3) is 6.18. The molecule has 3 rings (SSSR count). The Labute approximate surface area is 181 Å². The van der Waals surface area contributed by atoms with Crippen LogP contribution >= 0.6 is 0 Å². The molecule has 0 atom stereocenters. The molecule has 0 saturated heterocycles. The molecule has 162 valence electrons. The Balaban J connectivity index is 1.47. The summed E-state index contributed by atoms with van der Waals surface area (Å²) in [6.45, 7) is 3.97.